The third kappa shape index (κ3) is 4.00. The van der Waals surface area contributed by atoms with E-state index >= 15 is 0 Å². The van der Waals surface area contributed by atoms with E-state index in [1.807, 2.05) is 13.8 Å². The molecule has 98 valence electrons. The van der Waals surface area contributed by atoms with Crippen LogP contribution in [0.25, 0.3) is 0 Å². The first kappa shape index (κ1) is 14.0. The number of hydrogen-bond acceptors (Lipinski definition) is 3. The van der Waals surface area contributed by atoms with Crippen molar-refractivity contribution in [1.29, 1.82) is 0 Å². The Balaban J connectivity index is 2.22. The summed E-state index contributed by atoms with van der Waals surface area (Å²) < 4.78 is 5.31. The molecule has 0 saturated heterocycles. The van der Waals surface area contributed by atoms with Gasteiger partial charge in [0.2, 0.25) is 5.91 Å². The van der Waals surface area contributed by atoms with Gasteiger partial charge in [-0.05, 0) is 39.5 Å². The average Bonchev–Trinajstić information content (AvgIpc) is 2.17. The summed E-state index contributed by atoms with van der Waals surface area (Å²) in [5, 5.41) is 11.7. The normalized spacial score (nSPS) is 17.6. The number of nitrogens with one attached hydrogen (secondary N) is 1. The van der Waals surface area contributed by atoms with Crippen LogP contribution in [0.5, 0.6) is 0 Å². The smallest absolute Gasteiger partial charge is 0.329 e. The Morgan fingerprint density at radius 3 is 2.47 bits per heavy atom. The first-order valence-electron chi connectivity index (χ1n) is 6.12. The third-order valence-electron chi connectivity index (χ3n) is 2.99. The molecule has 1 aliphatic carbocycles. The van der Waals surface area contributed by atoms with Crippen LogP contribution in [-0.4, -0.2) is 35.2 Å². The minimum Gasteiger partial charge on any atom is -0.480 e. The number of hydrogen-bond donors (Lipinski definition) is 2. The van der Waals surface area contributed by atoms with Gasteiger partial charge in [0, 0.05) is 13.0 Å². The standard InChI is InChI=1S/C12H21NO4/c1-9(2)17-8-3-5-10(14)13-12(11(15)16)6-4-7-12/h9H,3-8H2,1-2H3,(H,13,14)(H,15,16). The number of carboxylic acids is 1. The molecule has 0 unspecified atom stereocenters. The van der Waals surface area contributed by atoms with Crippen LogP contribution in [-0.2, 0) is 14.3 Å². The van der Waals surface area contributed by atoms with Gasteiger partial charge < -0.3 is 15.2 Å². The predicted octanol–water partition coefficient (Wildman–Crippen LogP) is 1.32. The molecule has 0 radical (unpaired) electrons. The van der Waals surface area contributed by atoms with Gasteiger partial charge in [0.15, 0.2) is 0 Å². The van der Waals surface area contributed by atoms with Crippen LogP contribution >= 0.6 is 0 Å². The first-order chi connectivity index (χ1) is 7.96. The van der Waals surface area contributed by atoms with Crippen molar-refractivity contribution in [3.8, 4) is 0 Å². The molecular weight excluding hydrogens is 222 g/mol. The van der Waals surface area contributed by atoms with Crippen molar-refractivity contribution in [1.82, 2.24) is 5.32 Å². The molecule has 1 saturated carbocycles. The molecule has 2 N–H and O–H groups in total. The van der Waals surface area contributed by atoms with E-state index in [-0.39, 0.29) is 12.0 Å². The minimum atomic E-state index is -0.990. The Morgan fingerprint density at radius 2 is 2.06 bits per heavy atom. The number of ether oxygens (including phenoxy) is 1. The maximum Gasteiger partial charge on any atom is 0.329 e. The van der Waals surface area contributed by atoms with E-state index in [1.165, 1.54) is 0 Å². The lowest BCUT2D eigenvalue weighted by Gasteiger charge is -2.38. The quantitative estimate of drug-likeness (QED) is 0.661. The molecular formula is C12H21NO4. The van der Waals surface area contributed by atoms with Gasteiger partial charge in [-0.1, -0.05) is 0 Å². The molecule has 1 aliphatic rings. The van der Waals surface area contributed by atoms with E-state index in [2.05, 4.69) is 5.32 Å². The monoisotopic (exact) mass is 243 g/mol. The molecule has 0 atom stereocenters. The van der Waals surface area contributed by atoms with Crippen molar-refractivity contribution >= 4 is 11.9 Å². The highest BCUT2D eigenvalue weighted by Gasteiger charge is 2.45. The molecule has 1 fully saturated rings. The summed E-state index contributed by atoms with van der Waals surface area (Å²) in [6, 6.07) is 0. The number of carboxylic acid groups (broad SMARTS) is 1. The zero-order chi connectivity index (χ0) is 12.9. The summed E-state index contributed by atoms with van der Waals surface area (Å²) in [6.07, 6.45) is 3.05. The third-order valence-corrected chi connectivity index (χ3v) is 2.99. The molecule has 1 rings (SSSR count). The van der Waals surface area contributed by atoms with E-state index in [9.17, 15) is 9.59 Å². The number of rotatable bonds is 7. The maximum atomic E-state index is 11.6. The highest BCUT2D eigenvalue weighted by atomic mass is 16.5. The lowest BCUT2D eigenvalue weighted by atomic mass is 9.76. The Bertz CT molecular complexity index is 284. The minimum absolute atomic E-state index is 0.162. The van der Waals surface area contributed by atoms with Gasteiger partial charge in [-0.3, -0.25) is 4.79 Å². The number of carbonyl (C=O) groups is 2. The Hall–Kier alpha value is -1.10. The summed E-state index contributed by atoms with van der Waals surface area (Å²) in [5.41, 5.74) is -0.990. The van der Waals surface area contributed by atoms with Crippen LogP contribution in [0.15, 0.2) is 0 Å². The molecule has 0 aromatic rings. The van der Waals surface area contributed by atoms with Crippen LogP contribution in [0.2, 0.25) is 0 Å². The summed E-state index contributed by atoms with van der Waals surface area (Å²) in [4.78, 5) is 22.6. The van der Waals surface area contributed by atoms with Gasteiger partial charge in [0.25, 0.3) is 0 Å². The van der Waals surface area contributed by atoms with Crippen LogP contribution in [0, 0.1) is 0 Å². The van der Waals surface area contributed by atoms with E-state index in [0.29, 0.717) is 32.3 Å². The van der Waals surface area contributed by atoms with Crippen molar-refractivity contribution in [3.05, 3.63) is 0 Å². The fourth-order valence-corrected chi connectivity index (χ4v) is 1.80. The molecule has 17 heavy (non-hydrogen) atoms. The van der Waals surface area contributed by atoms with Crippen LogP contribution < -0.4 is 5.32 Å². The Morgan fingerprint density at radius 1 is 1.41 bits per heavy atom. The summed E-state index contributed by atoms with van der Waals surface area (Å²) in [6.45, 7) is 4.41. The van der Waals surface area contributed by atoms with Crippen molar-refractivity contribution in [2.45, 2.75) is 57.6 Å². The molecule has 0 heterocycles. The number of amides is 1. The topological polar surface area (TPSA) is 75.6 Å². The van der Waals surface area contributed by atoms with Crippen molar-refractivity contribution in [2.24, 2.45) is 0 Å². The van der Waals surface area contributed by atoms with E-state index < -0.39 is 11.5 Å². The highest BCUT2D eigenvalue weighted by molar-refractivity contribution is 5.87. The second-order valence-corrected chi connectivity index (χ2v) is 4.81. The van der Waals surface area contributed by atoms with Crippen molar-refractivity contribution in [2.75, 3.05) is 6.61 Å². The molecule has 0 spiro atoms. The fraction of sp³-hybridized carbons (Fsp3) is 0.833. The van der Waals surface area contributed by atoms with Gasteiger partial charge in [-0.25, -0.2) is 4.79 Å². The van der Waals surface area contributed by atoms with Crippen LogP contribution in [0.4, 0.5) is 0 Å². The number of carbonyl (C=O) groups excluding carboxylic acids is 1. The maximum absolute atomic E-state index is 11.6. The zero-order valence-corrected chi connectivity index (χ0v) is 10.5. The molecule has 0 aromatic carbocycles. The summed E-state index contributed by atoms with van der Waals surface area (Å²) in [5.74, 6) is -1.12. The summed E-state index contributed by atoms with van der Waals surface area (Å²) in [7, 11) is 0. The largest absolute Gasteiger partial charge is 0.480 e. The van der Waals surface area contributed by atoms with Crippen LogP contribution in [0.3, 0.4) is 0 Å². The van der Waals surface area contributed by atoms with Gasteiger partial charge >= 0.3 is 5.97 Å². The molecule has 0 aromatic heterocycles. The van der Waals surface area contributed by atoms with Gasteiger partial charge in [0.1, 0.15) is 5.54 Å². The molecule has 5 nitrogen and oxygen atoms in total. The lowest BCUT2D eigenvalue weighted by molar-refractivity contribution is -0.151. The zero-order valence-electron chi connectivity index (χ0n) is 10.5. The summed E-state index contributed by atoms with van der Waals surface area (Å²) >= 11 is 0. The average molecular weight is 243 g/mol. The molecule has 0 aliphatic heterocycles. The van der Waals surface area contributed by atoms with E-state index in [4.69, 9.17) is 9.84 Å². The van der Waals surface area contributed by atoms with Crippen molar-refractivity contribution in [3.63, 3.8) is 0 Å². The van der Waals surface area contributed by atoms with Crippen molar-refractivity contribution < 1.29 is 19.4 Å². The molecule has 1 amide bonds. The lowest BCUT2D eigenvalue weighted by Crippen LogP contribution is -2.59. The van der Waals surface area contributed by atoms with Crippen LogP contribution in [0.1, 0.15) is 46.0 Å². The second-order valence-electron chi connectivity index (χ2n) is 4.81. The highest BCUT2D eigenvalue weighted by Crippen LogP contribution is 2.32. The SMILES string of the molecule is CC(C)OCCCC(=O)NC1(C(=O)O)CCC1. The predicted molar refractivity (Wildman–Crippen MR) is 62.7 cm³/mol. The Labute approximate surface area is 102 Å². The van der Waals surface area contributed by atoms with E-state index in [1.54, 1.807) is 0 Å². The molecule has 5 heteroatoms. The second kappa shape index (κ2) is 6.00. The fourth-order valence-electron chi connectivity index (χ4n) is 1.80. The number of aliphatic carboxylic acids is 1. The van der Waals surface area contributed by atoms with Gasteiger partial charge in [-0.2, -0.15) is 0 Å². The first-order valence-corrected chi connectivity index (χ1v) is 6.12. The van der Waals surface area contributed by atoms with Gasteiger partial charge in [0.05, 0.1) is 6.10 Å². The molecule has 0 bridgehead atoms. The van der Waals surface area contributed by atoms with Gasteiger partial charge in [-0.15, -0.1) is 0 Å². The Kier molecular flexibility index (Phi) is 4.93. The van der Waals surface area contributed by atoms with E-state index in [0.717, 1.165) is 6.42 Å².